The first-order valence-electron chi connectivity index (χ1n) is 13.3. The Balaban J connectivity index is 1.12. The van der Waals surface area contributed by atoms with Crippen LogP contribution in [0.4, 0.5) is 8.78 Å². The van der Waals surface area contributed by atoms with E-state index in [2.05, 4.69) is 27.1 Å². The molecule has 0 bridgehead atoms. The fourth-order valence-corrected chi connectivity index (χ4v) is 5.66. The van der Waals surface area contributed by atoms with Gasteiger partial charge in [0.2, 0.25) is 11.8 Å². The second-order valence-electron chi connectivity index (χ2n) is 10.7. The molecule has 3 fully saturated rings. The van der Waals surface area contributed by atoms with Crippen molar-refractivity contribution in [1.82, 2.24) is 15.1 Å². The highest BCUT2D eigenvalue weighted by molar-refractivity contribution is 5.85. The summed E-state index contributed by atoms with van der Waals surface area (Å²) in [6.07, 6.45) is 5.37. The van der Waals surface area contributed by atoms with Crippen molar-refractivity contribution in [3.63, 3.8) is 0 Å². The van der Waals surface area contributed by atoms with Gasteiger partial charge in [0, 0.05) is 25.6 Å². The van der Waals surface area contributed by atoms with Gasteiger partial charge in [-0.3, -0.25) is 9.59 Å². The number of carbonyl (C=O) groups is 2. The Kier molecular flexibility index (Phi) is 7.74. The molecule has 3 aliphatic rings. The second kappa shape index (κ2) is 11.2. The molecular formula is C29H35F2N3O3. The van der Waals surface area contributed by atoms with Gasteiger partial charge in [-0.15, -0.1) is 0 Å². The van der Waals surface area contributed by atoms with Crippen LogP contribution in [0.3, 0.4) is 0 Å². The lowest BCUT2D eigenvalue weighted by Gasteiger charge is -2.38. The van der Waals surface area contributed by atoms with Gasteiger partial charge in [0.15, 0.2) is 0 Å². The van der Waals surface area contributed by atoms with Crippen LogP contribution in [0.25, 0.3) is 0 Å². The van der Waals surface area contributed by atoms with Crippen molar-refractivity contribution in [2.75, 3.05) is 26.2 Å². The highest BCUT2D eigenvalue weighted by Gasteiger charge is 2.47. The summed E-state index contributed by atoms with van der Waals surface area (Å²) < 4.78 is 29.2. The summed E-state index contributed by atoms with van der Waals surface area (Å²) in [6, 6.07) is 16.7. The van der Waals surface area contributed by atoms with Gasteiger partial charge >= 0.3 is 6.61 Å². The summed E-state index contributed by atoms with van der Waals surface area (Å²) in [4.78, 5) is 30.2. The minimum absolute atomic E-state index is 0.00581. The Morgan fingerprint density at radius 2 is 1.68 bits per heavy atom. The van der Waals surface area contributed by atoms with E-state index >= 15 is 0 Å². The zero-order valence-corrected chi connectivity index (χ0v) is 21.1. The maximum atomic E-state index is 13.4. The lowest BCUT2D eigenvalue weighted by atomic mass is 9.77. The molecule has 2 saturated heterocycles. The highest BCUT2D eigenvalue weighted by Crippen LogP contribution is 2.42. The molecule has 2 aromatic carbocycles. The van der Waals surface area contributed by atoms with Crippen LogP contribution in [0.2, 0.25) is 0 Å². The molecule has 2 aromatic rings. The number of hydrogen-bond donors (Lipinski definition) is 1. The molecule has 2 aliphatic heterocycles. The lowest BCUT2D eigenvalue weighted by molar-refractivity contribution is -0.139. The van der Waals surface area contributed by atoms with Crippen molar-refractivity contribution >= 4 is 11.8 Å². The van der Waals surface area contributed by atoms with Crippen LogP contribution in [0.5, 0.6) is 5.75 Å². The van der Waals surface area contributed by atoms with E-state index in [0.717, 1.165) is 75.8 Å². The predicted octanol–water partition coefficient (Wildman–Crippen LogP) is 4.76. The van der Waals surface area contributed by atoms with Crippen molar-refractivity contribution in [2.45, 2.75) is 57.7 Å². The number of likely N-dealkylation sites (tertiary alicyclic amines) is 2. The van der Waals surface area contributed by atoms with Crippen LogP contribution in [0.15, 0.2) is 54.6 Å². The number of nitrogens with one attached hydrogen (secondary N) is 1. The standard InChI is InChI=1S/C29H35F2N3O3/c30-28(31)37-24-10-6-21(7-11-24)20-34-19-15-29(27(34)36)13-17-33(18-14-29)16-12-25(22-4-2-1-3-5-22)32-26(35)23-8-9-23/h1-7,10-11,23,25,28H,8-9,12-20H2,(H,32,35)/t25-/m0/s1. The summed E-state index contributed by atoms with van der Waals surface area (Å²) >= 11 is 0. The molecule has 6 nitrogen and oxygen atoms in total. The Bertz CT molecular complexity index is 1070. The van der Waals surface area contributed by atoms with Crippen molar-refractivity contribution in [1.29, 1.82) is 0 Å². The molecule has 0 unspecified atom stereocenters. The second-order valence-corrected chi connectivity index (χ2v) is 10.7. The molecule has 1 N–H and O–H groups in total. The third-order valence-electron chi connectivity index (χ3n) is 8.14. The normalized spacial score (nSPS) is 20.4. The molecule has 0 aromatic heterocycles. The number of halogens is 2. The third-order valence-corrected chi connectivity index (χ3v) is 8.14. The minimum atomic E-state index is -2.84. The average Bonchev–Trinajstić information content (AvgIpc) is 3.72. The molecule has 2 amide bonds. The SMILES string of the molecule is O=C(N[C@@H](CCN1CCC2(CC1)CCN(Cc1ccc(OC(F)F)cc1)C2=O)c1ccccc1)C1CC1. The van der Waals surface area contributed by atoms with Crippen molar-refractivity contribution in [3.05, 3.63) is 65.7 Å². The Labute approximate surface area is 217 Å². The lowest BCUT2D eigenvalue weighted by Crippen LogP contribution is -2.45. The Hall–Kier alpha value is -3.00. The number of nitrogens with zero attached hydrogens (tertiary/aromatic N) is 2. The molecule has 198 valence electrons. The van der Waals surface area contributed by atoms with Crippen LogP contribution in [-0.2, 0) is 16.1 Å². The molecule has 2 heterocycles. The topological polar surface area (TPSA) is 61.9 Å². The van der Waals surface area contributed by atoms with Crippen molar-refractivity contribution < 1.29 is 23.1 Å². The summed E-state index contributed by atoms with van der Waals surface area (Å²) in [6.45, 7) is 0.985. The maximum Gasteiger partial charge on any atom is 0.387 e. The number of ether oxygens (including phenoxy) is 1. The fraction of sp³-hybridized carbons (Fsp3) is 0.517. The monoisotopic (exact) mass is 511 g/mol. The number of piperidine rings is 1. The molecule has 1 saturated carbocycles. The number of rotatable bonds is 10. The third kappa shape index (κ3) is 6.29. The zero-order valence-electron chi connectivity index (χ0n) is 21.1. The highest BCUT2D eigenvalue weighted by atomic mass is 19.3. The summed E-state index contributed by atoms with van der Waals surface area (Å²) in [7, 11) is 0. The van der Waals surface area contributed by atoms with E-state index in [9.17, 15) is 18.4 Å². The molecule has 37 heavy (non-hydrogen) atoms. The van der Waals surface area contributed by atoms with Gasteiger partial charge in [0.05, 0.1) is 11.5 Å². The van der Waals surface area contributed by atoms with E-state index < -0.39 is 6.61 Å². The summed E-state index contributed by atoms with van der Waals surface area (Å²) in [5.41, 5.74) is 1.75. The van der Waals surface area contributed by atoms with Gasteiger partial charge in [-0.2, -0.15) is 8.78 Å². The van der Waals surface area contributed by atoms with E-state index in [1.807, 2.05) is 23.1 Å². The molecule has 1 spiro atoms. The molecular weight excluding hydrogens is 476 g/mol. The molecule has 5 rings (SSSR count). The minimum Gasteiger partial charge on any atom is -0.435 e. The zero-order chi connectivity index (χ0) is 25.8. The van der Waals surface area contributed by atoms with Gasteiger partial charge in [-0.25, -0.2) is 0 Å². The van der Waals surface area contributed by atoms with Crippen LogP contribution < -0.4 is 10.1 Å². The summed E-state index contributed by atoms with van der Waals surface area (Å²) in [5, 5.41) is 3.26. The fourth-order valence-electron chi connectivity index (χ4n) is 5.66. The van der Waals surface area contributed by atoms with Crippen LogP contribution >= 0.6 is 0 Å². The molecule has 1 atom stereocenters. The first kappa shape index (κ1) is 25.6. The van der Waals surface area contributed by atoms with Gasteiger partial charge in [-0.1, -0.05) is 42.5 Å². The van der Waals surface area contributed by atoms with Crippen LogP contribution in [0, 0.1) is 11.3 Å². The number of amides is 2. The van der Waals surface area contributed by atoms with Gasteiger partial charge < -0.3 is 19.9 Å². The number of benzene rings is 2. The van der Waals surface area contributed by atoms with Crippen molar-refractivity contribution in [3.8, 4) is 5.75 Å². The first-order valence-corrected chi connectivity index (χ1v) is 13.3. The quantitative estimate of drug-likeness (QED) is 0.500. The van der Waals surface area contributed by atoms with E-state index in [1.165, 1.54) is 12.1 Å². The van der Waals surface area contributed by atoms with Crippen molar-refractivity contribution in [2.24, 2.45) is 11.3 Å². The number of alkyl halides is 2. The Morgan fingerprint density at radius 3 is 2.32 bits per heavy atom. The average molecular weight is 512 g/mol. The summed E-state index contributed by atoms with van der Waals surface area (Å²) in [5.74, 6) is 0.677. The van der Waals surface area contributed by atoms with Gasteiger partial charge in [0.1, 0.15) is 5.75 Å². The number of hydrogen-bond acceptors (Lipinski definition) is 4. The van der Waals surface area contributed by atoms with Gasteiger partial charge in [0.25, 0.3) is 0 Å². The van der Waals surface area contributed by atoms with Crippen LogP contribution in [0.1, 0.15) is 55.7 Å². The molecule has 0 radical (unpaired) electrons. The first-order chi connectivity index (χ1) is 17.9. The molecule has 8 heteroatoms. The maximum absolute atomic E-state index is 13.4. The Morgan fingerprint density at radius 1 is 1.00 bits per heavy atom. The van der Waals surface area contributed by atoms with E-state index in [1.54, 1.807) is 12.1 Å². The van der Waals surface area contributed by atoms with E-state index in [4.69, 9.17) is 0 Å². The molecule has 1 aliphatic carbocycles. The van der Waals surface area contributed by atoms with Gasteiger partial charge in [-0.05, 0) is 74.9 Å². The van der Waals surface area contributed by atoms with Crippen LogP contribution in [-0.4, -0.2) is 54.4 Å². The number of carbonyl (C=O) groups excluding carboxylic acids is 2. The van der Waals surface area contributed by atoms with E-state index in [-0.39, 0.29) is 34.9 Å². The smallest absolute Gasteiger partial charge is 0.387 e. The largest absolute Gasteiger partial charge is 0.435 e. The van der Waals surface area contributed by atoms with E-state index in [0.29, 0.717) is 6.54 Å². The predicted molar refractivity (Wildman–Crippen MR) is 136 cm³/mol.